The lowest BCUT2D eigenvalue weighted by molar-refractivity contribution is -0.132. The maximum absolute atomic E-state index is 12.8. The first-order valence-corrected chi connectivity index (χ1v) is 10.5. The SMILES string of the molecule is CN(CC(=O)N(C)C1CC2CCC(C1)N2)C1=NS(=O)(=O)c2ccccc21. The molecule has 2 bridgehead atoms. The molecule has 3 heterocycles. The molecule has 3 aliphatic rings. The van der Waals surface area contributed by atoms with Crippen LogP contribution >= 0.6 is 0 Å². The molecule has 2 fully saturated rings. The zero-order chi connectivity index (χ0) is 18.5. The van der Waals surface area contributed by atoms with Crippen LogP contribution in [0.15, 0.2) is 33.6 Å². The van der Waals surface area contributed by atoms with Crippen molar-refractivity contribution in [2.75, 3.05) is 20.6 Å². The van der Waals surface area contributed by atoms with Gasteiger partial charge in [0.25, 0.3) is 10.0 Å². The van der Waals surface area contributed by atoms with Crippen LogP contribution in [0.1, 0.15) is 31.2 Å². The summed E-state index contributed by atoms with van der Waals surface area (Å²) in [6.07, 6.45) is 4.35. The van der Waals surface area contributed by atoms with Crippen molar-refractivity contribution in [2.24, 2.45) is 4.40 Å². The van der Waals surface area contributed by atoms with Crippen LogP contribution in [0.4, 0.5) is 0 Å². The van der Waals surface area contributed by atoms with E-state index in [2.05, 4.69) is 9.71 Å². The van der Waals surface area contributed by atoms with Crippen LogP contribution < -0.4 is 5.32 Å². The minimum Gasteiger partial charge on any atom is -0.349 e. The van der Waals surface area contributed by atoms with Gasteiger partial charge in [-0.25, -0.2) is 0 Å². The molecule has 0 radical (unpaired) electrons. The monoisotopic (exact) mass is 376 g/mol. The fourth-order valence-electron chi connectivity index (χ4n) is 4.30. The van der Waals surface area contributed by atoms with Crippen LogP contribution in [-0.2, 0) is 14.8 Å². The molecule has 2 atom stereocenters. The number of nitrogens with zero attached hydrogens (tertiary/aromatic N) is 3. The number of piperidine rings is 1. The van der Waals surface area contributed by atoms with Gasteiger partial charge in [0, 0.05) is 37.8 Å². The molecule has 8 heteroatoms. The summed E-state index contributed by atoms with van der Waals surface area (Å²) in [4.78, 5) is 16.5. The Hall–Kier alpha value is -1.93. The highest BCUT2D eigenvalue weighted by atomic mass is 32.2. The summed E-state index contributed by atoms with van der Waals surface area (Å²) in [5.41, 5.74) is 0.561. The van der Waals surface area contributed by atoms with Crippen molar-refractivity contribution in [3.05, 3.63) is 29.8 Å². The molecule has 26 heavy (non-hydrogen) atoms. The molecule has 3 aliphatic heterocycles. The van der Waals surface area contributed by atoms with Gasteiger partial charge in [-0.05, 0) is 37.8 Å². The van der Waals surface area contributed by atoms with E-state index in [0.29, 0.717) is 23.5 Å². The van der Waals surface area contributed by atoms with E-state index in [1.807, 2.05) is 11.9 Å². The van der Waals surface area contributed by atoms with Crippen LogP contribution in [0.3, 0.4) is 0 Å². The van der Waals surface area contributed by atoms with Gasteiger partial charge in [0.2, 0.25) is 5.91 Å². The van der Waals surface area contributed by atoms with Crippen molar-refractivity contribution in [3.63, 3.8) is 0 Å². The van der Waals surface area contributed by atoms with Gasteiger partial charge in [-0.1, -0.05) is 12.1 Å². The zero-order valence-electron chi connectivity index (χ0n) is 15.1. The molecule has 2 saturated heterocycles. The summed E-state index contributed by atoms with van der Waals surface area (Å²) in [6.45, 7) is 0.110. The number of sulfonamides is 1. The number of carbonyl (C=O) groups is 1. The van der Waals surface area contributed by atoms with Crippen LogP contribution in [0.25, 0.3) is 0 Å². The van der Waals surface area contributed by atoms with E-state index in [0.717, 1.165) is 12.8 Å². The molecular formula is C18H24N4O3S. The lowest BCUT2D eigenvalue weighted by atomic mass is 9.98. The van der Waals surface area contributed by atoms with E-state index in [4.69, 9.17) is 0 Å². The molecular weight excluding hydrogens is 352 g/mol. The second kappa shape index (κ2) is 6.35. The summed E-state index contributed by atoms with van der Waals surface area (Å²) in [6, 6.07) is 8.02. The summed E-state index contributed by atoms with van der Waals surface area (Å²) in [5, 5.41) is 3.59. The fraction of sp³-hybridized carbons (Fsp3) is 0.556. The molecule has 1 aromatic carbocycles. The molecule has 1 amide bonds. The molecule has 1 aromatic rings. The molecule has 140 valence electrons. The van der Waals surface area contributed by atoms with Crippen molar-refractivity contribution >= 4 is 21.8 Å². The predicted molar refractivity (Wildman–Crippen MR) is 98.5 cm³/mol. The van der Waals surface area contributed by atoms with Crippen molar-refractivity contribution in [2.45, 2.75) is 48.7 Å². The van der Waals surface area contributed by atoms with Gasteiger partial charge in [0.1, 0.15) is 4.90 Å². The summed E-state index contributed by atoms with van der Waals surface area (Å²) < 4.78 is 28.3. The Morgan fingerprint density at radius 1 is 1.19 bits per heavy atom. The standard InChI is InChI=1S/C18H24N4O3S/c1-21(18-15-5-3-4-6-16(15)26(24,25)20-18)11-17(23)22(2)14-9-12-7-8-13(10-14)19-12/h3-6,12-14,19H,7-11H2,1-2H3. The van der Waals surface area contributed by atoms with Gasteiger partial charge in [-0.3, -0.25) is 4.79 Å². The van der Waals surface area contributed by atoms with Gasteiger partial charge in [0.05, 0.1) is 6.54 Å². The van der Waals surface area contributed by atoms with E-state index in [-0.39, 0.29) is 23.4 Å². The third-order valence-electron chi connectivity index (χ3n) is 5.74. The minimum atomic E-state index is -3.67. The molecule has 7 nitrogen and oxygen atoms in total. The average molecular weight is 376 g/mol. The molecule has 0 spiro atoms. The predicted octanol–water partition coefficient (Wildman–Crippen LogP) is 0.809. The zero-order valence-corrected chi connectivity index (χ0v) is 15.9. The topological polar surface area (TPSA) is 82.1 Å². The minimum absolute atomic E-state index is 0.0109. The lowest BCUT2D eigenvalue weighted by Crippen LogP contribution is -2.50. The number of amides is 1. The van der Waals surface area contributed by atoms with E-state index in [9.17, 15) is 13.2 Å². The number of fused-ring (bicyclic) bond motifs is 3. The highest BCUT2D eigenvalue weighted by Crippen LogP contribution is 2.30. The highest BCUT2D eigenvalue weighted by Gasteiger charge is 2.37. The first kappa shape index (κ1) is 17.5. The van der Waals surface area contributed by atoms with Crippen molar-refractivity contribution in [3.8, 4) is 0 Å². The Kier molecular flexibility index (Phi) is 4.27. The van der Waals surface area contributed by atoms with E-state index in [1.165, 1.54) is 12.8 Å². The molecule has 2 unspecified atom stereocenters. The van der Waals surface area contributed by atoms with Crippen LogP contribution in [0.5, 0.6) is 0 Å². The Morgan fingerprint density at radius 3 is 2.54 bits per heavy atom. The molecule has 0 aromatic heterocycles. The number of rotatable bonds is 3. The average Bonchev–Trinajstić information content (AvgIpc) is 3.10. The number of likely N-dealkylation sites (N-methyl/N-ethyl adjacent to an activating group) is 2. The van der Waals surface area contributed by atoms with Crippen LogP contribution in [0, 0.1) is 0 Å². The number of nitrogens with one attached hydrogen (secondary N) is 1. The first-order chi connectivity index (χ1) is 12.3. The van der Waals surface area contributed by atoms with Crippen LogP contribution in [0.2, 0.25) is 0 Å². The van der Waals surface area contributed by atoms with Gasteiger partial charge < -0.3 is 15.1 Å². The second-order valence-corrected chi connectivity index (χ2v) is 9.08. The number of benzene rings is 1. The fourth-order valence-corrected chi connectivity index (χ4v) is 5.55. The molecule has 4 rings (SSSR count). The maximum Gasteiger partial charge on any atom is 0.285 e. The van der Waals surface area contributed by atoms with E-state index in [1.54, 1.807) is 36.2 Å². The Balaban J connectivity index is 1.47. The number of carbonyl (C=O) groups excluding carboxylic acids is 1. The Labute approximate surface area is 154 Å². The lowest BCUT2D eigenvalue weighted by Gasteiger charge is -2.36. The number of amidine groups is 1. The number of hydrogen-bond donors (Lipinski definition) is 1. The molecule has 0 saturated carbocycles. The third kappa shape index (κ3) is 3.01. The summed E-state index contributed by atoms with van der Waals surface area (Å²) in [5.74, 6) is 0.330. The van der Waals surface area contributed by atoms with E-state index < -0.39 is 10.0 Å². The Bertz CT molecular complexity index is 855. The quantitative estimate of drug-likeness (QED) is 0.844. The summed E-state index contributed by atoms with van der Waals surface area (Å²) in [7, 11) is -0.0990. The van der Waals surface area contributed by atoms with Gasteiger partial charge in [0.15, 0.2) is 5.84 Å². The normalized spacial score (nSPS) is 28.4. The van der Waals surface area contributed by atoms with Gasteiger partial charge >= 0.3 is 0 Å². The maximum atomic E-state index is 12.8. The van der Waals surface area contributed by atoms with Gasteiger partial charge in [-0.2, -0.15) is 8.42 Å². The molecule has 1 N–H and O–H groups in total. The second-order valence-electron chi connectivity index (χ2n) is 7.51. The smallest absolute Gasteiger partial charge is 0.285 e. The largest absolute Gasteiger partial charge is 0.349 e. The van der Waals surface area contributed by atoms with Crippen molar-refractivity contribution < 1.29 is 13.2 Å². The third-order valence-corrected chi connectivity index (χ3v) is 7.06. The van der Waals surface area contributed by atoms with Crippen molar-refractivity contribution in [1.82, 2.24) is 15.1 Å². The number of hydrogen-bond acceptors (Lipinski definition) is 5. The van der Waals surface area contributed by atoms with Crippen molar-refractivity contribution in [1.29, 1.82) is 0 Å². The Morgan fingerprint density at radius 2 is 1.85 bits per heavy atom. The first-order valence-electron chi connectivity index (χ1n) is 9.02. The summed E-state index contributed by atoms with van der Waals surface area (Å²) >= 11 is 0. The van der Waals surface area contributed by atoms with E-state index >= 15 is 0 Å². The van der Waals surface area contributed by atoms with Gasteiger partial charge in [-0.15, -0.1) is 4.40 Å². The highest BCUT2D eigenvalue weighted by molar-refractivity contribution is 7.90. The van der Waals surface area contributed by atoms with Crippen LogP contribution in [-0.4, -0.2) is 68.7 Å². The molecule has 0 aliphatic carbocycles.